The van der Waals surface area contributed by atoms with Gasteiger partial charge in [-0.2, -0.15) is 0 Å². The van der Waals surface area contributed by atoms with Gasteiger partial charge in [0.05, 0.1) is 12.0 Å². The molecule has 0 aliphatic carbocycles. The van der Waals surface area contributed by atoms with Crippen LogP contribution in [0.5, 0.6) is 5.75 Å². The van der Waals surface area contributed by atoms with E-state index >= 15 is 0 Å². The van der Waals surface area contributed by atoms with Gasteiger partial charge in [-0.05, 0) is 42.3 Å². The number of hydrazone groups is 1. The summed E-state index contributed by atoms with van der Waals surface area (Å²) < 4.78 is 5.57. The van der Waals surface area contributed by atoms with E-state index in [-0.39, 0.29) is 5.91 Å². The smallest absolute Gasteiger partial charge is 0.276 e. The molecule has 6 nitrogen and oxygen atoms in total. The number of carbonyl (C=O) groups excluding carboxylic acids is 1. The van der Waals surface area contributed by atoms with E-state index in [4.69, 9.17) is 26.4 Å². The first-order chi connectivity index (χ1) is 16.1. The topological polar surface area (TPSA) is 66.3 Å². The van der Waals surface area contributed by atoms with Crippen LogP contribution in [0.4, 0.5) is 0 Å². The Morgan fingerprint density at radius 1 is 1.06 bits per heavy atom. The van der Waals surface area contributed by atoms with Crippen molar-refractivity contribution in [2.45, 2.75) is 18.8 Å². The highest BCUT2D eigenvalue weighted by Crippen LogP contribution is 2.32. The fourth-order valence-corrected chi connectivity index (χ4v) is 4.91. The minimum absolute atomic E-state index is 0.204. The van der Waals surface area contributed by atoms with Crippen molar-refractivity contribution in [3.05, 3.63) is 99.5 Å². The van der Waals surface area contributed by atoms with Crippen LogP contribution in [0.15, 0.2) is 82.9 Å². The second-order valence-electron chi connectivity index (χ2n) is 7.45. The molecule has 2 aliphatic heterocycles. The van der Waals surface area contributed by atoms with Gasteiger partial charge in [0.2, 0.25) is 0 Å². The normalized spacial score (nSPS) is 16.8. The Kier molecular flexibility index (Phi) is 6.07. The number of halogens is 1. The average Bonchev–Trinajstić information content (AvgIpc) is 2.83. The highest BCUT2D eigenvalue weighted by Gasteiger charge is 2.34. The minimum Gasteiger partial charge on any atom is -0.494 e. The van der Waals surface area contributed by atoms with Crippen LogP contribution >= 0.6 is 23.4 Å². The Bertz CT molecular complexity index is 1360. The van der Waals surface area contributed by atoms with Crippen LogP contribution in [0.3, 0.4) is 0 Å². The molecule has 0 saturated heterocycles. The predicted octanol–water partition coefficient (Wildman–Crippen LogP) is 3.82. The van der Waals surface area contributed by atoms with Crippen molar-refractivity contribution in [2.75, 3.05) is 6.61 Å². The van der Waals surface area contributed by atoms with Crippen molar-refractivity contribution >= 4 is 40.1 Å². The molecule has 0 bridgehead atoms. The van der Waals surface area contributed by atoms with Crippen LogP contribution in [0.2, 0.25) is 5.02 Å². The van der Waals surface area contributed by atoms with Crippen molar-refractivity contribution < 1.29 is 9.53 Å². The van der Waals surface area contributed by atoms with E-state index in [9.17, 15) is 4.79 Å². The van der Waals surface area contributed by atoms with Crippen LogP contribution in [0, 0.1) is 0 Å². The number of rotatable bonds is 5. The molecule has 0 unspecified atom stereocenters. The molecule has 1 N–H and O–H groups in total. The molecule has 0 radical (unpaired) electrons. The Labute approximate surface area is 200 Å². The maximum atomic E-state index is 13.2. The minimum atomic E-state index is -0.465. The molecule has 0 fully saturated rings. The van der Waals surface area contributed by atoms with Crippen LogP contribution in [-0.4, -0.2) is 22.7 Å². The molecule has 8 heteroatoms. The van der Waals surface area contributed by atoms with E-state index in [1.807, 2.05) is 79.7 Å². The zero-order chi connectivity index (χ0) is 22.8. The number of para-hydroxylation sites is 1. The summed E-state index contributed by atoms with van der Waals surface area (Å²) in [6, 6.07) is 23.0. The van der Waals surface area contributed by atoms with E-state index < -0.39 is 6.17 Å². The van der Waals surface area contributed by atoms with Crippen molar-refractivity contribution in [1.82, 2.24) is 10.3 Å². The second kappa shape index (κ2) is 9.29. The van der Waals surface area contributed by atoms with E-state index in [0.717, 1.165) is 27.5 Å². The van der Waals surface area contributed by atoms with Crippen LogP contribution < -0.4 is 20.6 Å². The van der Waals surface area contributed by atoms with Crippen molar-refractivity contribution in [3.63, 3.8) is 0 Å². The number of carbonyl (C=O) groups is 1. The molecule has 33 heavy (non-hydrogen) atoms. The maximum absolute atomic E-state index is 13.2. The zero-order valence-electron chi connectivity index (χ0n) is 17.9. The molecule has 0 spiro atoms. The van der Waals surface area contributed by atoms with Crippen molar-refractivity contribution in [1.29, 1.82) is 0 Å². The van der Waals surface area contributed by atoms with Gasteiger partial charge >= 0.3 is 0 Å². The third kappa shape index (κ3) is 4.34. The lowest BCUT2D eigenvalue weighted by Gasteiger charge is -2.34. The lowest BCUT2D eigenvalue weighted by atomic mass is 10.1. The number of hydrogen-bond acceptors (Lipinski definition) is 6. The standard InChI is InChI=1S/C25H21ClN4O2S/c1-2-32-18-13-11-16(12-14-18)23-27-21-10-6-4-8-19(21)22-24(31)28-25(29-30(22)23)33-15-17-7-3-5-9-20(17)26/h3-14,23H,2,15H2,1H3,(H,28,29,31)/t23-/m0/s1. The van der Waals surface area contributed by atoms with Gasteiger partial charge < -0.3 is 4.74 Å². The number of thioether (sulfide) groups is 1. The Balaban J connectivity index is 1.53. The third-order valence-corrected chi connectivity index (χ3v) is 6.61. The monoisotopic (exact) mass is 476 g/mol. The SMILES string of the molecule is CCOc1ccc([C@H]2N=c3ccccc3=C3C(=O)NC(SCc4ccccc4Cl)=NN32)cc1. The van der Waals surface area contributed by atoms with Crippen molar-refractivity contribution in [2.24, 2.45) is 10.1 Å². The van der Waals surface area contributed by atoms with Gasteiger partial charge in [0, 0.05) is 16.0 Å². The number of ether oxygens (including phenoxy) is 1. The lowest BCUT2D eigenvalue weighted by molar-refractivity contribution is -0.116. The molecule has 2 heterocycles. The molecule has 2 aliphatic rings. The van der Waals surface area contributed by atoms with Crippen LogP contribution in [0.25, 0.3) is 5.70 Å². The van der Waals surface area contributed by atoms with E-state index in [1.165, 1.54) is 11.8 Å². The number of fused-ring (bicyclic) bond motifs is 2. The Hall–Kier alpha value is -3.29. The van der Waals surface area contributed by atoms with Gasteiger partial charge in [0.15, 0.2) is 11.3 Å². The van der Waals surface area contributed by atoms with Gasteiger partial charge in [-0.3, -0.25) is 15.1 Å². The van der Waals surface area contributed by atoms with E-state index in [0.29, 0.717) is 28.2 Å². The molecular formula is C25H21ClN4O2S. The summed E-state index contributed by atoms with van der Waals surface area (Å²) in [7, 11) is 0. The van der Waals surface area contributed by atoms with Gasteiger partial charge in [-0.25, -0.2) is 5.01 Å². The maximum Gasteiger partial charge on any atom is 0.276 e. The molecule has 1 amide bonds. The predicted molar refractivity (Wildman–Crippen MR) is 131 cm³/mol. The fourth-order valence-electron chi connectivity index (χ4n) is 3.77. The summed E-state index contributed by atoms with van der Waals surface area (Å²) in [6.45, 7) is 2.55. The first-order valence-corrected chi connectivity index (χ1v) is 12.0. The van der Waals surface area contributed by atoms with E-state index in [1.54, 1.807) is 5.01 Å². The number of amidine groups is 1. The molecule has 166 valence electrons. The zero-order valence-corrected chi connectivity index (χ0v) is 19.4. The molecular weight excluding hydrogens is 456 g/mol. The van der Waals surface area contributed by atoms with Crippen LogP contribution in [-0.2, 0) is 10.5 Å². The van der Waals surface area contributed by atoms with Gasteiger partial charge in [0.25, 0.3) is 5.91 Å². The summed E-state index contributed by atoms with van der Waals surface area (Å²) in [5.41, 5.74) is 2.38. The molecule has 1 atom stereocenters. The van der Waals surface area contributed by atoms with Gasteiger partial charge in [-0.1, -0.05) is 71.9 Å². The number of nitrogens with one attached hydrogen (secondary N) is 1. The van der Waals surface area contributed by atoms with Gasteiger partial charge in [-0.15, -0.1) is 5.10 Å². The first-order valence-electron chi connectivity index (χ1n) is 10.6. The highest BCUT2D eigenvalue weighted by molar-refractivity contribution is 8.13. The lowest BCUT2D eigenvalue weighted by Crippen LogP contribution is -2.50. The quantitative estimate of drug-likeness (QED) is 0.608. The van der Waals surface area contributed by atoms with Crippen LogP contribution in [0.1, 0.15) is 24.2 Å². The molecule has 3 aromatic carbocycles. The summed E-state index contributed by atoms with van der Waals surface area (Å²) in [4.78, 5) is 18.1. The highest BCUT2D eigenvalue weighted by atomic mass is 35.5. The van der Waals surface area contributed by atoms with E-state index in [2.05, 4.69) is 5.32 Å². The Morgan fingerprint density at radius 2 is 1.82 bits per heavy atom. The van der Waals surface area contributed by atoms with Crippen molar-refractivity contribution in [3.8, 4) is 5.75 Å². The summed E-state index contributed by atoms with van der Waals surface area (Å²) >= 11 is 7.72. The Morgan fingerprint density at radius 3 is 2.61 bits per heavy atom. The number of hydrogen-bond donors (Lipinski definition) is 1. The number of amides is 1. The molecule has 3 aromatic rings. The molecule has 5 rings (SSSR count). The van der Waals surface area contributed by atoms with Gasteiger partial charge in [0.1, 0.15) is 11.4 Å². The molecule has 0 saturated carbocycles. The first kappa shape index (κ1) is 21.6. The third-order valence-electron chi connectivity index (χ3n) is 5.33. The average molecular weight is 477 g/mol. The second-order valence-corrected chi connectivity index (χ2v) is 8.83. The number of benzene rings is 3. The largest absolute Gasteiger partial charge is 0.494 e. The summed E-state index contributed by atoms with van der Waals surface area (Å²) in [6.07, 6.45) is -0.465. The number of nitrogens with zero attached hydrogens (tertiary/aromatic N) is 3. The summed E-state index contributed by atoms with van der Waals surface area (Å²) in [5, 5.41) is 12.2. The fraction of sp³-hybridized carbons (Fsp3) is 0.160. The summed E-state index contributed by atoms with van der Waals surface area (Å²) in [5.74, 6) is 1.17. The molecule has 0 aromatic heterocycles.